The molecule has 2 rings (SSSR count). The molecule has 0 radical (unpaired) electrons. The van der Waals surface area contributed by atoms with E-state index in [0.29, 0.717) is 32.5 Å². The van der Waals surface area contributed by atoms with Gasteiger partial charge < -0.3 is 19.7 Å². The SMILES string of the molecule is CCCNC(=O)C(C)N(Cc1ccc(OC)cc1)C(=O)CCCOc1ccccc1. The third kappa shape index (κ3) is 7.43. The number of rotatable bonds is 12. The summed E-state index contributed by atoms with van der Waals surface area (Å²) >= 11 is 0. The van der Waals surface area contributed by atoms with E-state index in [9.17, 15) is 9.59 Å². The molecular weight excluding hydrogens is 380 g/mol. The largest absolute Gasteiger partial charge is 0.497 e. The average molecular weight is 413 g/mol. The van der Waals surface area contributed by atoms with Crippen molar-refractivity contribution in [3.63, 3.8) is 0 Å². The highest BCUT2D eigenvalue weighted by Crippen LogP contribution is 2.16. The lowest BCUT2D eigenvalue weighted by Crippen LogP contribution is -2.47. The quantitative estimate of drug-likeness (QED) is 0.539. The van der Waals surface area contributed by atoms with Crippen molar-refractivity contribution in [2.45, 2.75) is 45.7 Å². The minimum atomic E-state index is -0.554. The molecule has 0 spiro atoms. The molecule has 0 saturated carbocycles. The van der Waals surface area contributed by atoms with Crippen LogP contribution in [0.4, 0.5) is 0 Å². The maximum atomic E-state index is 13.0. The van der Waals surface area contributed by atoms with Gasteiger partial charge >= 0.3 is 0 Å². The van der Waals surface area contributed by atoms with Crippen LogP contribution in [0.3, 0.4) is 0 Å². The molecule has 162 valence electrons. The zero-order valence-electron chi connectivity index (χ0n) is 18.1. The number of nitrogens with one attached hydrogen (secondary N) is 1. The van der Waals surface area contributed by atoms with Crippen LogP contribution in [0.2, 0.25) is 0 Å². The number of ether oxygens (including phenoxy) is 2. The first-order chi connectivity index (χ1) is 14.5. The number of methoxy groups -OCH3 is 1. The first kappa shape index (κ1) is 23.3. The minimum absolute atomic E-state index is 0.0679. The summed E-state index contributed by atoms with van der Waals surface area (Å²) in [6.07, 6.45) is 1.74. The number of hydrogen-bond acceptors (Lipinski definition) is 4. The van der Waals surface area contributed by atoms with Gasteiger partial charge in [-0.1, -0.05) is 37.3 Å². The van der Waals surface area contributed by atoms with E-state index in [-0.39, 0.29) is 11.8 Å². The van der Waals surface area contributed by atoms with Crippen LogP contribution in [0.1, 0.15) is 38.7 Å². The number of amides is 2. The molecule has 2 amide bonds. The Hall–Kier alpha value is -3.02. The summed E-state index contributed by atoms with van der Waals surface area (Å²) in [5.41, 5.74) is 0.944. The van der Waals surface area contributed by atoms with E-state index in [4.69, 9.17) is 9.47 Å². The molecule has 1 atom stereocenters. The van der Waals surface area contributed by atoms with Gasteiger partial charge in [0.2, 0.25) is 11.8 Å². The van der Waals surface area contributed by atoms with Gasteiger partial charge in [-0.15, -0.1) is 0 Å². The van der Waals surface area contributed by atoms with Crippen molar-refractivity contribution >= 4 is 11.8 Å². The molecule has 0 fully saturated rings. The molecule has 0 heterocycles. The van der Waals surface area contributed by atoms with Gasteiger partial charge in [0.15, 0.2) is 0 Å². The van der Waals surface area contributed by atoms with Crippen LogP contribution in [0.25, 0.3) is 0 Å². The molecule has 1 unspecified atom stereocenters. The molecule has 6 nitrogen and oxygen atoms in total. The van der Waals surface area contributed by atoms with Gasteiger partial charge in [-0.25, -0.2) is 0 Å². The highest BCUT2D eigenvalue weighted by molar-refractivity contribution is 5.87. The summed E-state index contributed by atoms with van der Waals surface area (Å²) in [6, 6.07) is 16.5. The zero-order chi connectivity index (χ0) is 21.8. The Bertz CT molecular complexity index is 778. The lowest BCUT2D eigenvalue weighted by atomic mass is 10.1. The first-order valence-electron chi connectivity index (χ1n) is 10.4. The maximum Gasteiger partial charge on any atom is 0.242 e. The summed E-state index contributed by atoms with van der Waals surface area (Å²) in [5, 5.41) is 2.88. The number of carbonyl (C=O) groups is 2. The van der Waals surface area contributed by atoms with Crippen LogP contribution in [0, 0.1) is 0 Å². The lowest BCUT2D eigenvalue weighted by Gasteiger charge is -2.29. The summed E-state index contributed by atoms with van der Waals surface area (Å²) < 4.78 is 10.9. The van der Waals surface area contributed by atoms with E-state index < -0.39 is 6.04 Å². The minimum Gasteiger partial charge on any atom is -0.497 e. The fourth-order valence-electron chi connectivity index (χ4n) is 2.98. The summed E-state index contributed by atoms with van der Waals surface area (Å²) in [5.74, 6) is 1.33. The molecule has 0 bridgehead atoms. The fourth-order valence-corrected chi connectivity index (χ4v) is 2.98. The van der Waals surface area contributed by atoms with Crippen LogP contribution >= 0.6 is 0 Å². The second-order valence-corrected chi connectivity index (χ2v) is 7.10. The van der Waals surface area contributed by atoms with Crippen molar-refractivity contribution in [1.82, 2.24) is 10.2 Å². The molecule has 0 saturated heterocycles. The Labute approximate surface area is 179 Å². The van der Waals surface area contributed by atoms with Gasteiger partial charge in [-0.05, 0) is 49.6 Å². The van der Waals surface area contributed by atoms with E-state index >= 15 is 0 Å². The topological polar surface area (TPSA) is 67.9 Å². The van der Waals surface area contributed by atoms with Gasteiger partial charge in [-0.3, -0.25) is 9.59 Å². The standard InChI is InChI=1S/C24H32N2O4/c1-4-16-25-24(28)19(2)26(18-20-12-14-21(29-3)15-13-20)23(27)11-8-17-30-22-9-6-5-7-10-22/h5-7,9-10,12-15,19H,4,8,11,16-18H2,1-3H3,(H,25,28). The number of carbonyl (C=O) groups excluding carboxylic acids is 2. The smallest absolute Gasteiger partial charge is 0.242 e. The van der Waals surface area contributed by atoms with E-state index in [0.717, 1.165) is 23.5 Å². The van der Waals surface area contributed by atoms with Gasteiger partial charge in [-0.2, -0.15) is 0 Å². The normalized spacial score (nSPS) is 11.4. The predicted octanol–water partition coefficient (Wildman–Crippen LogP) is 3.80. The van der Waals surface area contributed by atoms with Crippen molar-refractivity contribution in [1.29, 1.82) is 0 Å². The number of hydrogen-bond donors (Lipinski definition) is 1. The van der Waals surface area contributed by atoms with Crippen molar-refractivity contribution in [2.75, 3.05) is 20.3 Å². The average Bonchev–Trinajstić information content (AvgIpc) is 2.79. The van der Waals surface area contributed by atoms with Crippen LogP contribution in [-0.4, -0.2) is 43.0 Å². The Kier molecular flexibility index (Phi) is 9.71. The summed E-state index contributed by atoms with van der Waals surface area (Å²) in [6.45, 7) is 5.18. The van der Waals surface area contributed by atoms with Crippen LogP contribution in [-0.2, 0) is 16.1 Å². The molecule has 0 aliphatic rings. The van der Waals surface area contributed by atoms with Crippen LogP contribution in [0.5, 0.6) is 11.5 Å². The number of benzene rings is 2. The zero-order valence-corrected chi connectivity index (χ0v) is 18.1. The van der Waals surface area contributed by atoms with Gasteiger partial charge in [0.25, 0.3) is 0 Å². The molecule has 30 heavy (non-hydrogen) atoms. The van der Waals surface area contributed by atoms with E-state index in [1.807, 2.05) is 61.5 Å². The summed E-state index contributed by atoms with van der Waals surface area (Å²) in [4.78, 5) is 27.1. The molecule has 0 aliphatic heterocycles. The first-order valence-corrected chi connectivity index (χ1v) is 10.4. The van der Waals surface area contributed by atoms with Crippen LogP contribution < -0.4 is 14.8 Å². The lowest BCUT2D eigenvalue weighted by molar-refractivity contribution is -0.140. The number of para-hydroxylation sites is 1. The second-order valence-electron chi connectivity index (χ2n) is 7.10. The third-order valence-corrected chi connectivity index (χ3v) is 4.78. The van der Waals surface area contributed by atoms with Crippen molar-refractivity contribution in [3.05, 3.63) is 60.2 Å². The monoisotopic (exact) mass is 412 g/mol. The Morgan fingerprint density at radius 3 is 2.37 bits per heavy atom. The van der Waals surface area contributed by atoms with E-state index in [1.54, 1.807) is 18.9 Å². The molecule has 0 aliphatic carbocycles. The Morgan fingerprint density at radius 1 is 1.03 bits per heavy atom. The molecule has 2 aromatic rings. The highest BCUT2D eigenvalue weighted by Gasteiger charge is 2.25. The second kappa shape index (κ2) is 12.5. The van der Waals surface area contributed by atoms with Crippen molar-refractivity contribution in [3.8, 4) is 11.5 Å². The Morgan fingerprint density at radius 2 is 1.73 bits per heavy atom. The van der Waals surface area contributed by atoms with Gasteiger partial charge in [0.1, 0.15) is 17.5 Å². The van der Waals surface area contributed by atoms with Crippen LogP contribution in [0.15, 0.2) is 54.6 Å². The molecule has 1 N–H and O–H groups in total. The fraction of sp³-hybridized carbons (Fsp3) is 0.417. The molecule has 0 aromatic heterocycles. The highest BCUT2D eigenvalue weighted by atomic mass is 16.5. The summed E-state index contributed by atoms with van der Waals surface area (Å²) in [7, 11) is 1.61. The van der Waals surface area contributed by atoms with E-state index in [1.165, 1.54) is 0 Å². The van der Waals surface area contributed by atoms with Crippen molar-refractivity contribution in [2.24, 2.45) is 0 Å². The van der Waals surface area contributed by atoms with Gasteiger partial charge in [0, 0.05) is 19.5 Å². The third-order valence-electron chi connectivity index (χ3n) is 4.78. The van der Waals surface area contributed by atoms with E-state index in [2.05, 4.69) is 5.32 Å². The van der Waals surface area contributed by atoms with Gasteiger partial charge in [0.05, 0.1) is 13.7 Å². The maximum absolute atomic E-state index is 13.0. The Balaban J connectivity index is 1.98. The van der Waals surface area contributed by atoms with Crippen molar-refractivity contribution < 1.29 is 19.1 Å². The molecule has 2 aromatic carbocycles. The predicted molar refractivity (Wildman–Crippen MR) is 117 cm³/mol. The molecular formula is C24H32N2O4. The molecule has 6 heteroatoms. The number of nitrogens with zero attached hydrogens (tertiary/aromatic N) is 1.